The summed E-state index contributed by atoms with van der Waals surface area (Å²) in [6.45, 7) is 6.18. The third-order valence-corrected chi connectivity index (χ3v) is 4.05. The molecule has 23 heavy (non-hydrogen) atoms. The van der Waals surface area contributed by atoms with Gasteiger partial charge in [-0.3, -0.25) is 9.59 Å². The molecule has 1 aromatic rings. The zero-order valence-corrected chi connectivity index (χ0v) is 14.0. The summed E-state index contributed by atoms with van der Waals surface area (Å²) < 4.78 is 5.38. The monoisotopic (exact) mass is 318 g/mol. The van der Waals surface area contributed by atoms with Gasteiger partial charge in [0.25, 0.3) is 11.8 Å². The predicted molar refractivity (Wildman–Crippen MR) is 90.5 cm³/mol. The Bertz CT molecular complexity index is 539. The van der Waals surface area contributed by atoms with Gasteiger partial charge in [0.2, 0.25) is 0 Å². The summed E-state index contributed by atoms with van der Waals surface area (Å²) in [5.41, 5.74) is 1.25. The van der Waals surface area contributed by atoms with Crippen molar-refractivity contribution in [2.24, 2.45) is 0 Å². The molecule has 1 aromatic carbocycles. The molecule has 1 fully saturated rings. The number of unbranched alkanes of at least 4 members (excludes halogenated alkanes) is 1. The number of ether oxygens (including phenoxy) is 1. The molecule has 1 saturated heterocycles. The molecule has 1 heterocycles. The average molecular weight is 318 g/mol. The van der Waals surface area contributed by atoms with E-state index in [1.807, 2.05) is 11.8 Å². The lowest BCUT2D eigenvalue weighted by atomic mass is 10.1. The Labute approximate surface area is 138 Å². The van der Waals surface area contributed by atoms with E-state index >= 15 is 0 Å². The lowest BCUT2D eigenvalue weighted by Gasteiger charge is -2.21. The van der Waals surface area contributed by atoms with Crippen LogP contribution in [0.15, 0.2) is 24.3 Å². The van der Waals surface area contributed by atoms with E-state index in [0.29, 0.717) is 24.4 Å². The number of carbonyl (C=O) groups excluding carboxylic acids is 2. The standard InChI is InChI=1S/C18H26N2O3/c1-3-5-11-20(4-2)18(22)14-8-6-9-15(13-14)19-17(21)16-10-7-12-23-16/h6,8-9,13,16H,3-5,7,10-12H2,1-2H3,(H,19,21). The number of carbonyl (C=O) groups is 2. The summed E-state index contributed by atoms with van der Waals surface area (Å²) in [6, 6.07) is 7.13. The highest BCUT2D eigenvalue weighted by molar-refractivity contribution is 5.98. The van der Waals surface area contributed by atoms with Crippen molar-refractivity contribution in [3.8, 4) is 0 Å². The molecule has 1 aliphatic rings. The highest BCUT2D eigenvalue weighted by Crippen LogP contribution is 2.17. The second-order valence-corrected chi connectivity index (χ2v) is 5.81. The number of hydrogen-bond acceptors (Lipinski definition) is 3. The molecule has 0 spiro atoms. The molecule has 0 saturated carbocycles. The van der Waals surface area contributed by atoms with Crippen LogP contribution in [-0.4, -0.2) is 42.5 Å². The average Bonchev–Trinajstić information content (AvgIpc) is 3.10. The van der Waals surface area contributed by atoms with Crippen LogP contribution in [0.2, 0.25) is 0 Å². The molecule has 1 N–H and O–H groups in total. The zero-order chi connectivity index (χ0) is 16.7. The second-order valence-electron chi connectivity index (χ2n) is 5.81. The zero-order valence-electron chi connectivity index (χ0n) is 14.0. The molecule has 2 amide bonds. The van der Waals surface area contributed by atoms with Crippen LogP contribution in [0.25, 0.3) is 0 Å². The molecule has 1 atom stereocenters. The van der Waals surface area contributed by atoms with Crippen LogP contribution >= 0.6 is 0 Å². The molecule has 5 nitrogen and oxygen atoms in total. The first-order valence-electron chi connectivity index (χ1n) is 8.47. The first kappa shape index (κ1) is 17.5. The molecule has 1 unspecified atom stereocenters. The van der Waals surface area contributed by atoms with E-state index in [2.05, 4.69) is 12.2 Å². The number of benzene rings is 1. The van der Waals surface area contributed by atoms with Gasteiger partial charge >= 0.3 is 0 Å². The van der Waals surface area contributed by atoms with Crippen molar-refractivity contribution < 1.29 is 14.3 Å². The highest BCUT2D eigenvalue weighted by Gasteiger charge is 2.23. The Balaban J connectivity index is 2.03. The van der Waals surface area contributed by atoms with Gasteiger partial charge in [-0.15, -0.1) is 0 Å². The van der Waals surface area contributed by atoms with Crippen LogP contribution in [0.5, 0.6) is 0 Å². The summed E-state index contributed by atoms with van der Waals surface area (Å²) in [5.74, 6) is -0.125. The van der Waals surface area contributed by atoms with Crippen molar-refractivity contribution in [2.45, 2.75) is 45.6 Å². The van der Waals surface area contributed by atoms with Crippen molar-refractivity contribution in [3.63, 3.8) is 0 Å². The minimum atomic E-state index is -0.369. The Morgan fingerprint density at radius 1 is 1.35 bits per heavy atom. The molecule has 2 rings (SSSR count). The van der Waals surface area contributed by atoms with E-state index in [0.717, 1.165) is 32.2 Å². The number of hydrogen-bond donors (Lipinski definition) is 1. The summed E-state index contributed by atoms with van der Waals surface area (Å²) in [5, 5.41) is 2.84. The van der Waals surface area contributed by atoms with E-state index in [1.165, 1.54) is 0 Å². The van der Waals surface area contributed by atoms with Crippen LogP contribution in [0.3, 0.4) is 0 Å². The fourth-order valence-corrected chi connectivity index (χ4v) is 2.67. The molecular formula is C18H26N2O3. The van der Waals surface area contributed by atoms with Gasteiger partial charge in [0.1, 0.15) is 6.10 Å². The lowest BCUT2D eigenvalue weighted by Crippen LogP contribution is -2.32. The van der Waals surface area contributed by atoms with Crippen LogP contribution in [-0.2, 0) is 9.53 Å². The molecule has 0 aliphatic carbocycles. The molecule has 5 heteroatoms. The molecule has 126 valence electrons. The van der Waals surface area contributed by atoms with Crippen LogP contribution < -0.4 is 5.32 Å². The number of anilines is 1. The predicted octanol–water partition coefficient (Wildman–Crippen LogP) is 3.07. The van der Waals surface area contributed by atoms with E-state index < -0.39 is 0 Å². The smallest absolute Gasteiger partial charge is 0.253 e. The maximum atomic E-state index is 12.6. The van der Waals surface area contributed by atoms with Crippen LogP contribution in [0, 0.1) is 0 Å². The van der Waals surface area contributed by atoms with Gasteiger partial charge in [0.05, 0.1) is 0 Å². The summed E-state index contributed by atoms with van der Waals surface area (Å²) >= 11 is 0. The molecule has 0 radical (unpaired) electrons. The fraction of sp³-hybridized carbons (Fsp3) is 0.556. The Morgan fingerprint density at radius 3 is 2.83 bits per heavy atom. The van der Waals surface area contributed by atoms with E-state index in [-0.39, 0.29) is 17.9 Å². The number of amides is 2. The van der Waals surface area contributed by atoms with Crippen molar-refractivity contribution in [2.75, 3.05) is 25.0 Å². The van der Waals surface area contributed by atoms with Gasteiger partial charge < -0.3 is 15.0 Å². The van der Waals surface area contributed by atoms with Gasteiger partial charge in [-0.2, -0.15) is 0 Å². The van der Waals surface area contributed by atoms with E-state index in [4.69, 9.17) is 4.74 Å². The molecule has 0 bridgehead atoms. The Morgan fingerprint density at radius 2 is 2.17 bits per heavy atom. The highest BCUT2D eigenvalue weighted by atomic mass is 16.5. The van der Waals surface area contributed by atoms with Gasteiger partial charge in [0, 0.05) is 30.9 Å². The number of rotatable bonds is 7. The summed E-state index contributed by atoms with van der Waals surface area (Å²) in [6.07, 6.45) is 3.35. The topological polar surface area (TPSA) is 58.6 Å². The van der Waals surface area contributed by atoms with Crippen molar-refractivity contribution in [1.82, 2.24) is 4.90 Å². The Hall–Kier alpha value is -1.88. The molecule has 1 aliphatic heterocycles. The maximum Gasteiger partial charge on any atom is 0.253 e. The van der Waals surface area contributed by atoms with Crippen molar-refractivity contribution in [1.29, 1.82) is 0 Å². The second kappa shape index (κ2) is 8.67. The van der Waals surface area contributed by atoms with Gasteiger partial charge in [-0.1, -0.05) is 19.4 Å². The summed E-state index contributed by atoms with van der Waals surface area (Å²) in [7, 11) is 0. The SMILES string of the molecule is CCCCN(CC)C(=O)c1cccc(NC(=O)C2CCCO2)c1. The minimum Gasteiger partial charge on any atom is -0.368 e. The minimum absolute atomic E-state index is 0.00849. The Kier molecular flexibility index (Phi) is 6.59. The van der Waals surface area contributed by atoms with E-state index in [1.54, 1.807) is 24.3 Å². The fourth-order valence-electron chi connectivity index (χ4n) is 2.67. The normalized spacial score (nSPS) is 17.0. The quantitative estimate of drug-likeness (QED) is 0.840. The van der Waals surface area contributed by atoms with Gasteiger partial charge in [0.15, 0.2) is 0 Å². The van der Waals surface area contributed by atoms with Gasteiger partial charge in [-0.25, -0.2) is 0 Å². The molecule has 0 aromatic heterocycles. The number of nitrogens with zero attached hydrogens (tertiary/aromatic N) is 1. The first-order chi connectivity index (χ1) is 11.2. The van der Waals surface area contributed by atoms with Gasteiger partial charge in [-0.05, 0) is 44.4 Å². The lowest BCUT2D eigenvalue weighted by molar-refractivity contribution is -0.124. The first-order valence-corrected chi connectivity index (χ1v) is 8.47. The summed E-state index contributed by atoms with van der Waals surface area (Å²) in [4.78, 5) is 26.5. The molecular weight excluding hydrogens is 292 g/mol. The maximum absolute atomic E-state index is 12.6. The van der Waals surface area contributed by atoms with Crippen molar-refractivity contribution >= 4 is 17.5 Å². The third kappa shape index (κ3) is 4.79. The largest absolute Gasteiger partial charge is 0.368 e. The third-order valence-electron chi connectivity index (χ3n) is 4.05. The van der Waals surface area contributed by atoms with Crippen LogP contribution in [0.4, 0.5) is 5.69 Å². The number of nitrogens with one attached hydrogen (secondary N) is 1. The van der Waals surface area contributed by atoms with E-state index in [9.17, 15) is 9.59 Å². The van der Waals surface area contributed by atoms with Crippen LogP contribution in [0.1, 0.15) is 49.9 Å². The van der Waals surface area contributed by atoms with Crippen molar-refractivity contribution in [3.05, 3.63) is 29.8 Å².